The molecule has 0 saturated carbocycles. The topological polar surface area (TPSA) is 40.5 Å². The van der Waals surface area contributed by atoms with E-state index in [1.165, 1.54) is 0 Å². The predicted octanol–water partition coefficient (Wildman–Crippen LogP) is 6.93. The Kier molecular flexibility index (Phi) is 6.53. The standard InChI is InChI=1S/C26H38O2/c1-9-10-11-19-13-12-17(2)20(23(19)27)14-18-15-21(25(3,4)5)24(28)22(16-18)26(6,7)8/h12-13,15-16,27-28H,9-11,14H2,1-8H3. The number of rotatable bonds is 5. The number of phenols is 2. The average Bonchev–Trinajstić information content (AvgIpc) is 2.57. The van der Waals surface area contributed by atoms with Crippen LogP contribution in [-0.2, 0) is 23.7 Å². The van der Waals surface area contributed by atoms with Gasteiger partial charge in [-0.3, -0.25) is 0 Å². The first kappa shape index (κ1) is 22.3. The first-order valence-electron chi connectivity index (χ1n) is 10.5. The van der Waals surface area contributed by atoms with Crippen LogP contribution in [0, 0.1) is 6.92 Å². The van der Waals surface area contributed by atoms with Gasteiger partial charge in [0, 0.05) is 12.0 Å². The quantitative estimate of drug-likeness (QED) is 0.588. The van der Waals surface area contributed by atoms with Gasteiger partial charge in [0.2, 0.25) is 0 Å². The Bertz CT molecular complexity index is 798. The van der Waals surface area contributed by atoms with Crippen LogP contribution in [0.5, 0.6) is 11.5 Å². The second-order valence-corrected chi connectivity index (χ2v) is 10.2. The van der Waals surface area contributed by atoms with Gasteiger partial charge in [-0.15, -0.1) is 0 Å². The molecule has 0 aliphatic rings. The number of aromatic hydroxyl groups is 2. The van der Waals surface area contributed by atoms with E-state index in [0.717, 1.165) is 52.6 Å². The van der Waals surface area contributed by atoms with Gasteiger partial charge in [-0.05, 0) is 58.4 Å². The summed E-state index contributed by atoms with van der Waals surface area (Å²) >= 11 is 0. The molecule has 0 bridgehead atoms. The van der Waals surface area contributed by atoms with E-state index in [0.29, 0.717) is 17.9 Å². The largest absolute Gasteiger partial charge is 0.507 e. The highest BCUT2D eigenvalue weighted by atomic mass is 16.3. The van der Waals surface area contributed by atoms with Crippen LogP contribution in [0.4, 0.5) is 0 Å². The lowest BCUT2D eigenvalue weighted by Gasteiger charge is -2.28. The highest BCUT2D eigenvalue weighted by molar-refractivity contribution is 5.53. The van der Waals surface area contributed by atoms with E-state index in [9.17, 15) is 10.2 Å². The molecule has 0 radical (unpaired) electrons. The summed E-state index contributed by atoms with van der Waals surface area (Å²) in [4.78, 5) is 0. The summed E-state index contributed by atoms with van der Waals surface area (Å²) in [6.45, 7) is 17.0. The average molecular weight is 383 g/mol. The molecule has 0 aliphatic carbocycles. The van der Waals surface area contributed by atoms with Crippen LogP contribution in [-0.4, -0.2) is 10.2 Å². The minimum absolute atomic E-state index is 0.153. The summed E-state index contributed by atoms with van der Waals surface area (Å²) in [6, 6.07) is 8.40. The van der Waals surface area contributed by atoms with Crippen molar-refractivity contribution in [2.75, 3.05) is 0 Å². The lowest BCUT2D eigenvalue weighted by molar-refractivity contribution is 0.422. The smallest absolute Gasteiger partial charge is 0.123 e. The second kappa shape index (κ2) is 8.19. The number of unbranched alkanes of at least 4 members (excludes halogenated alkanes) is 1. The number of hydrogen-bond acceptors (Lipinski definition) is 2. The van der Waals surface area contributed by atoms with Gasteiger partial charge in [0.1, 0.15) is 11.5 Å². The molecule has 0 spiro atoms. The molecule has 2 aromatic carbocycles. The first-order valence-corrected chi connectivity index (χ1v) is 10.5. The van der Waals surface area contributed by atoms with Crippen molar-refractivity contribution in [3.63, 3.8) is 0 Å². The Labute approximate surface area is 171 Å². The maximum Gasteiger partial charge on any atom is 0.123 e. The van der Waals surface area contributed by atoms with Crippen molar-refractivity contribution >= 4 is 0 Å². The van der Waals surface area contributed by atoms with Crippen molar-refractivity contribution < 1.29 is 10.2 Å². The van der Waals surface area contributed by atoms with Crippen LogP contribution in [0.15, 0.2) is 24.3 Å². The molecule has 2 N–H and O–H groups in total. The van der Waals surface area contributed by atoms with E-state index >= 15 is 0 Å². The Morgan fingerprint density at radius 2 is 1.36 bits per heavy atom. The third-order valence-corrected chi connectivity index (χ3v) is 5.57. The molecule has 0 amide bonds. The van der Waals surface area contributed by atoms with Crippen LogP contribution < -0.4 is 0 Å². The molecule has 2 heteroatoms. The SMILES string of the molecule is CCCCc1ccc(C)c(Cc2cc(C(C)(C)C)c(O)c(C(C)(C)C)c2)c1O. The molecule has 0 aliphatic heterocycles. The zero-order chi connectivity index (χ0) is 21.3. The third kappa shape index (κ3) is 4.90. The van der Waals surface area contributed by atoms with Crippen LogP contribution in [0.3, 0.4) is 0 Å². The van der Waals surface area contributed by atoms with Gasteiger partial charge in [-0.25, -0.2) is 0 Å². The molecule has 2 nitrogen and oxygen atoms in total. The molecule has 154 valence electrons. The van der Waals surface area contributed by atoms with Gasteiger partial charge in [0.05, 0.1) is 0 Å². The highest BCUT2D eigenvalue weighted by Gasteiger charge is 2.27. The Hall–Kier alpha value is -1.96. The minimum atomic E-state index is -0.153. The van der Waals surface area contributed by atoms with Crippen molar-refractivity contribution in [1.82, 2.24) is 0 Å². The van der Waals surface area contributed by atoms with E-state index < -0.39 is 0 Å². The molecule has 0 aromatic heterocycles. The van der Waals surface area contributed by atoms with Crippen molar-refractivity contribution in [1.29, 1.82) is 0 Å². The van der Waals surface area contributed by atoms with Gasteiger partial charge < -0.3 is 10.2 Å². The maximum absolute atomic E-state index is 11.0. The molecule has 2 rings (SSSR count). The number of benzene rings is 2. The fourth-order valence-electron chi connectivity index (χ4n) is 3.72. The third-order valence-electron chi connectivity index (χ3n) is 5.57. The van der Waals surface area contributed by atoms with E-state index in [1.54, 1.807) is 0 Å². The molecule has 2 aromatic rings. The second-order valence-electron chi connectivity index (χ2n) is 10.2. The van der Waals surface area contributed by atoms with Crippen LogP contribution in [0.1, 0.15) is 94.7 Å². The summed E-state index contributed by atoms with van der Waals surface area (Å²) in [5.74, 6) is 0.845. The fourth-order valence-corrected chi connectivity index (χ4v) is 3.72. The summed E-state index contributed by atoms with van der Waals surface area (Å²) in [5, 5.41) is 21.9. The van der Waals surface area contributed by atoms with Gasteiger partial charge >= 0.3 is 0 Å². The van der Waals surface area contributed by atoms with E-state index in [-0.39, 0.29) is 10.8 Å². The summed E-state index contributed by atoms with van der Waals surface area (Å²) in [6.07, 6.45) is 3.78. The van der Waals surface area contributed by atoms with E-state index in [1.807, 2.05) is 0 Å². The Balaban J connectivity index is 2.58. The monoisotopic (exact) mass is 382 g/mol. The maximum atomic E-state index is 11.0. The molecule has 28 heavy (non-hydrogen) atoms. The first-order chi connectivity index (χ1) is 12.9. The zero-order valence-electron chi connectivity index (χ0n) is 19.0. The Morgan fingerprint density at radius 3 is 1.82 bits per heavy atom. The summed E-state index contributed by atoms with van der Waals surface area (Å²) in [7, 11) is 0. The van der Waals surface area contributed by atoms with Crippen molar-refractivity contribution in [3.05, 3.63) is 57.6 Å². The van der Waals surface area contributed by atoms with Gasteiger partial charge in [0.15, 0.2) is 0 Å². The molecule has 0 unspecified atom stereocenters. The lowest BCUT2D eigenvalue weighted by atomic mass is 9.77. The lowest BCUT2D eigenvalue weighted by Crippen LogP contribution is -2.18. The van der Waals surface area contributed by atoms with Crippen molar-refractivity contribution in [3.8, 4) is 11.5 Å². The van der Waals surface area contributed by atoms with Gasteiger partial charge in [-0.1, -0.05) is 79.2 Å². The van der Waals surface area contributed by atoms with Crippen molar-refractivity contribution in [2.24, 2.45) is 0 Å². The number of phenolic OH excluding ortho intramolecular Hbond substituents is 2. The molecular formula is C26H38O2. The number of hydrogen-bond donors (Lipinski definition) is 2. The van der Waals surface area contributed by atoms with Gasteiger partial charge in [0.25, 0.3) is 0 Å². The van der Waals surface area contributed by atoms with Crippen LogP contribution in [0.25, 0.3) is 0 Å². The predicted molar refractivity (Wildman–Crippen MR) is 120 cm³/mol. The normalized spacial score (nSPS) is 12.4. The Morgan fingerprint density at radius 1 is 0.821 bits per heavy atom. The molecule has 0 heterocycles. The van der Waals surface area contributed by atoms with Crippen LogP contribution >= 0.6 is 0 Å². The zero-order valence-corrected chi connectivity index (χ0v) is 19.0. The van der Waals surface area contributed by atoms with Crippen molar-refractivity contribution in [2.45, 2.75) is 91.9 Å². The van der Waals surface area contributed by atoms with E-state index in [2.05, 4.69) is 79.7 Å². The van der Waals surface area contributed by atoms with Crippen LogP contribution in [0.2, 0.25) is 0 Å². The summed E-state index contributed by atoms with van der Waals surface area (Å²) in [5.41, 5.74) is 5.91. The molecule has 0 saturated heterocycles. The molecule has 0 atom stereocenters. The van der Waals surface area contributed by atoms with Gasteiger partial charge in [-0.2, -0.15) is 0 Å². The fraction of sp³-hybridized carbons (Fsp3) is 0.538. The molecular weight excluding hydrogens is 344 g/mol. The number of aryl methyl sites for hydroxylation is 2. The van der Waals surface area contributed by atoms with E-state index in [4.69, 9.17) is 0 Å². The molecule has 0 fully saturated rings. The highest BCUT2D eigenvalue weighted by Crippen LogP contribution is 2.41. The summed E-state index contributed by atoms with van der Waals surface area (Å²) < 4.78 is 0. The minimum Gasteiger partial charge on any atom is -0.507 e.